The summed E-state index contributed by atoms with van der Waals surface area (Å²) in [6, 6.07) is 4.13. The van der Waals surface area contributed by atoms with E-state index in [2.05, 4.69) is 10.3 Å². The zero-order valence-electron chi connectivity index (χ0n) is 10.9. The van der Waals surface area contributed by atoms with Crippen molar-refractivity contribution in [3.63, 3.8) is 0 Å². The standard InChI is InChI=1S/C14H15ClFN3O/c15-6-5-13-18-10-4-3-9(16)8-12(10)19(13)11-2-1-7-17-14(11)20/h3-4,8,11H,1-2,5-7H2,(H,17,20). The number of alkyl halides is 1. The van der Waals surface area contributed by atoms with Crippen LogP contribution in [0, 0.1) is 5.82 Å². The largest absolute Gasteiger partial charge is 0.354 e. The van der Waals surface area contributed by atoms with E-state index < -0.39 is 0 Å². The molecule has 6 heteroatoms. The molecule has 3 rings (SSSR count). The summed E-state index contributed by atoms with van der Waals surface area (Å²) in [7, 11) is 0. The van der Waals surface area contributed by atoms with Gasteiger partial charge >= 0.3 is 0 Å². The number of aryl methyl sites for hydroxylation is 1. The van der Waals surface area contributed by atoms with E-state index in [1.165, 1.54) is 12.1 Å². The van der Waals surface area contributed by atoms with E-state index in [1.54, 1.807) is 6.07 Å². The first kappa shape index (κ1) is 13.4. The molecule has 0 radical (unpaired) electrons. The summed E-state index contributed by atoms with van der Waals surface area (Å²) in [6.07, 6.45) is 2.20. The molecule has 2 aromatic rings. The molecule has 20 heavy (non-hydrogen) atoms. The van der Waals surface area contributed by atoms with E-state index >= 15 is 0 Å². The fraction of sp³-hybridized carbons (Fsp3) is 0.429. The third kappa shape index (κ3) is 2.26. The zero-order chi connectivity index (χ0) is 14.1. The number of hydrogen-bond acceptors (Lipinski definition) is 2. The molecular weight excluding hydrogens is 281 g/mol. The topological polar surface area (TPSA) is 46.9 Å². The maximum Gasteiger partial charge on any atom is 0.243 e. The maximum absolute atomic E-state index is 13.5. The van der Waals surface area contributed by atoms with E-state index in [1.807, 2.05) is 4.57 Å². The van der Waals surface area contributed by atoms with Crippen molar-refractivity contribution in [2.75, 3.05) is 12.4 Å². The number of hydrogen-bond donors (Lipinski definition) is 1. The van der Waals surface area contributed by atoms with Crippen molar-refractivity contribution in [3.8, 4) is 0 Å². The van der Waals surface area contributed by atoms with Gasteiger partial charge in [-0.1, -0.05) is 0 Å². The van der Waals surface area contributed by atoms with Crippen molar-refractivity contribution in [2.24, 2.45) is 0 Å². The summed E-state index contributed by atoms with van der Waals surface area (Å²) < 4.78 is 15.4. The quantitative estimate of drug-likeness (QED) is 0.884. The Labute approximate surface area is 120 Å². The van der Waals surface area contributed by atoms with E-state index in [4.69, 9.17) is 11.6 Å². The van der Waals surface area contributed by atoms with Gasteiger partial charge in [-0.3, -0.25) is 4.79 Å². The number of fused-ring (bicyclic) bond motifs is 1. The molecule has 1 fully saturated rings. The molecule has 0 saturated carbocycles. The molecular formula is C14H15ClFN3O. The van der Waals surface area contributed by atoms with Gasteiger partial charge in [-0.25, -0.2) is 9.37 Å². The van der Waals surface area contributed by atoms with Gasteiger partial charge in [-0.2, -0.15) is 0 Å². The van der Waals surface area contributed by atoms with Crippen molar-refractivity contribution in [3.05, 3.63) is 29.8 Å². The second-order valence-electron chi connectivity index (χ2n) is 4.92. The highest BCUT2D eigenvalue weighted by atomic mass is 35.5. The van der Waals surface area contributed by atoms with Crippen molar-refractivity contribution in [1.29, 1.82) is 0 Å². The van der Waals surface area contributed by atoms with Gasteiger partial charge in [-0.05, 0) is 31.0 Å². The lowest BCUT2D eigenvalue weighted by molar-refractivity contribution is -0.125. The van der Waals surface area contributed by atoms with Gasteiger partial charge in [0.2, 0.25) is 5.91 Å². The number of carbonyl (C=O) groups excluding carboxylic acids is 1. The number of amides is 1. The van der Waals surface area contributed by atoms with Crippen LogP contribution in [0.15, 0.2) is 18.2 Å². The number of piperidine rings is 1. The molecule has 1 saturated heterocycles. The molecule has 0 aliphatic carbocycles. The number of nitrogens with zero attached hydrogens (tertiary/aromatic N) is 2. The zero-order valence-corrected chi connectivity index (χ0v) is 11.7. The number of benzene rings is 1. The minimum atomic E-state index is -0.327. The van der Waals surface area contributed by atoms with E-state index in [0.717, 1.165) is 18.7 Å². The Morgan fingerprint density at radius 1 is 1.50 bits per heavy atom. The smallest absolute Gasteiger partial charge is 0.243 e. The Kier molecular flexibility index (Phi) is 3.61. The molecule has 2 heterocycles. The van der Waals surface area contributed by atoms with Crippen LogP contribution in [-0.4, -0.2) is 27.9 Å². The van der Waals surface area contributed by atoms with Gasteiger partial charge in [0, 0.05) is 18.8 Å². The van der Waals surface area contributed by atoms with Gasteiger partial charge in [0.1, 0.15) is 17.7 Å². The van der Waals surface area contributed by atoms with Gasteiger partial charge in [-0.15, -0.1) is 11.6 Å². The number of imidazole rings is 1. The molecule has 1 aromatic carbocycles. The third-order valence-electron chi connectivity index (χ3n) is 3.61. The Morgan fingerprint density at radius 3 is 3.10 bits per heavy atom. The predicted molar refractivity (Wildman–Crippen MR) is 75.4 cm³/mol. The molecule has 1 aliphatic heterocycles. The first-order valence-electron chi connectivity index (χ1n) is 6.71. The Morgan fingerprint density at radius 2 is 2.35 bits per heavy atom. The number of carbonyl (C=O) groups is 1. The van der Waals surface area contributed by atoms with E-state index in [-0.39, 0.29) is 17.8 Å². The first-order valence-corrected chi connectivity index (χ1v) is 7.24. The SMILES string of the molecule is O=C1NCCCC1n1c(CCCl)nc2ccc(F)cc21. The Balaban J connectivity index is 2.16. The second-order valence-corrected chi connectivity index (χ2v) is 5.30. The number of aromatic nitrogens is 2. The molecule has 0 spiro atoms. The summed E-state index contributed by atoms with van der Waals surface area (Å²) in [4.78, 5) is 16.6. The molecule has 106 valence electrons. The van der Waals surface area contributed by atoms with Crippen LogP contribution < -0.4 is 5.32 Å². The van der Waals surface area contributed by atoms with Gasteiger partial charge in [0.05, 0.1) is 11.0 Å². The average Bonchev–Trinajstić information content (AvgIpc) is 2.77. The van der Waals surface area contributed by atoms with Crippen LogP contribution >= 0.6 is 11.6 Å². The van der Waals surface area contributed by atoms with Crippen LogP contribution in [0.2, 0.25) is 0 Å². The summed E-state index contributed by atoms with van der Waals surface area (Å²) in [5.41, 5.74) is 1.36. The summed E-state index contributed by atoms with van der Waals surface area (Å²) in [5.74, 6) is 0.797. The first-order chi connectivity index (χ1) is 9.70. The molecule has 1 atom stereocenters. The average molecular weight is 296 g/mol. The molecule has 1 amide bonds. The number of nitrogens with one attached hydrogen (secondary N) is 1. The Bertz CT molecular complexity index is 655. The molecule has 1 unspecified atom stereocenters. The highest BCUT2D eigenvalue weighted by molar-refractivity contribution is 6.17. The number of halogens is 2. The van der Waals surface area contributed by atoms with Crippen molar-refractivity contribution in [2.45, 2.75) is 25.3 Å². The highest BCUT2D eigenvalue weighted by Crippen LogP contribution is 2.27. The van der Waals surface area contributed by atoms with Crippen molar-refractivity contribution >= 4 is 28.5 Å². The van der Waals surface area contributed by atoms with Crippen LogP contribution in [0.4, 0.5) is 4.39 Å². The summed E-state index contributed by atoms with van der Waals surface area (Å²) in [5, 5.41) is 2.85. The minimum absolute atomic E-state index is 0.0318. The summed E-state index contributed by atoms with van der Waals surface area (Å²) >= 11 is 5.81. The monoisotopic (exact) mass is 295 g/mol. The number of rotatable bonds is 3. The fourth-order valence-electron chi connectivity index (χ4n) is 2.73. The van der Waals surface area contributed by atoms with E-state index in [0.29, 0.717) is 29.9 Å². The lowest BCUT2D eigenvalue weighted by Crippen LogP contribution is -2.38. The normalized spacial score (nSPS) is 19.3. The minimum Gasteiger partial charge on any atom is -0.354 e. The fourth-order valence-corrected chi connectivity index (χ4v) is 2.90. The van der Waals surface area contributed by atoms with Crippen LogP contribution in [0.5, 0.6) is 0 Å². The Hall–Kier alpha value is -1.62. The van der Waals surface area contributed by atoms with Gasteiger partial charge < -0.3 is 9.88 Å². The van der Waals surface area contributed by atoms with E-state index in [9.17, 15) is 9.18 Å². The molecule has 1 N–H and O–H groups in total. The molecule has 4 nitrogen and oxygen atoms in total. The predicted octanol–water partition coefficient (Wildman–Crippen LogP) is 2.41. The summed E-state index contributed by atoms with van der Waals surface area (Å²) in [6.45, 7) is 0.696. The maximum atomic E-state index is 13.5. The van der Waals surface area contributed by atoms with Crippen LogP contribution in [-0.2, 0) is 11.2 Å². The molecule has 1 aromatic heterocycles. The van der Waals surface area contributed by atoms with Crippen LogP contribution in [0.3, 0.4) is 0 Å². The van der Waals surface area contributed by atoms with Gasteiger partial charge in [0.25, 0.3) is 0 Å². The van der Waals surface area contributed by atoms with Crippen molar-refractivity contribution < 1.29 is 9.18 Å². The van der Waals surface area contributed by atoms with Gasteiger partial charge in [0.15, 0.2) is 0 Å². The second kappa shape index (κ2) is 5.40. The van der Waals surface area contributed by atoms with Crippen LogP contribution in [0.1, 0.15) is 24.7 Å². The highest BCUT2D eigenvalue weighted by Gasteiger charge is 2.27. The lowest BCUT2D eigenvalue weighted by Gasteiger charge is -2.25. The van der Waals surface area contributed by atoms with Crippen LogP contribution in [0.25, 0.3) is 11.0 Å². The molecule has 1 aliphatic rings. The lowest BCUT2D eigenvalue weighted by atomic mass is 10.1. The molecule has 0 bridgehead atoms. The van der Waals surface area contributed by atoms with Crippen molar-refractivity contribution in [1.82, 2.24) is 14.9 Å². The third-order valence-corrected chi connectivity index (χ3v) is 3.80.